The number of nitrogens with zero attached hydrogens (tertiary/aromatic N) is 1. The number of aromatic nitrogens is 1. The van der Waals surface area contributed by atoms with Gasteiger partial charge in [0.1, 0.15) is 5.75 Å². The SMILES string of the molecule is O=C(Nc1ccc(O)cc1C(=O)O)c1ccc([N+](=O)[O-])[nH]1. The predicted molar refractivity (Wildman–Crippen MR) is 70.5 cm³/mol. The van der Waals surface area contributed by atoms with Crippen molar-refractivity contribution in [1.29, 1.82) is 0 Å². The van der Waals surface area contributed by atoms with Crippen molar-refractivity contribution < 1.29 is 24.7 Å². The molecule has 0 aliphatic rings. The summed E-state index contributed by atoms with van der Waals surface area (Å²) in [6.45, 7) is 0. The second-order valence-electron chi connectivity index (χ2n) is 4.00. The van der Waals surface area contributed by atoms with E-state index < -0.39 is 16.8 Å². The van der Waals surface area contributed by atoms with Crippen molar-refractivity contribution >= 4 is 23.4 Å². The lowest BCUT2D eigenvalue weighted by molar-refractivity contribution is -0.389. The lowest BCUT2D eigenvalue weighted by Crippen LogP contribution is -2.15. The number of hydrogen-bond donors (Lipinski definition) is 4. The molecule has 1 aromatic carbocycles. The van der Waals surface area contributed by atoms with Gasteiger partial charge in [0.2, 0.25) is 0 Å². The minimum atomic E-state index is -1.33. The lowest BCUT2D eigenvalue weighted by Gasteiger charge is -2.07. The molecule has 0 bridgehead atoms. The number of nitro groups is 1. The van der Waals surface area contributed by atoms with Crippen molar-refractivity contribution in [2.75, 3.05) is 5.32 Å². The molecule has 108 valence electrons. The minimum Gasteiger partial charge on any atom is -0.508 e. The maximum atomic E-state index is 11.9. The number of benzene rings is 1. The summed E-state index contributed by atoms with van der Waals surface area (Å²) < 4.78 is 0. The van der Waals surface area contributed by atoms with Crippen LogP contribution in [0.4, 0.5) is 11.5 Å². The third-order valence-corrected chi connectivity index (χ3v) is 2.59. The number of carboxylic acids is 1. The van der Waals surface area contributed by atoms with Crippen LogP contribution < -0.4 is 5.32 Å². The van der Waals surface area contributed by atoms with Crippen LogP contribution in [0.5, 0.6) is 5.75 Å². The largest absolute Gasteiger partial charge is 0.508 e. The van der Waals surface area contributed by atoms with Gasteiger partial charge in [-0.1, -0.05) is 0 Å². The fraction of sp³-hybridized carbons (Fsp3) is 0. The van der Waals surface area contributed by atoms with Crippen molar-refractivity contribution in [3.8, 4) is 5.75 Å². The van der Waals surface area contributed by atoms with Gasteiger partial charge in [-0.3, -0.25) is 4.79 Å². The molecule has 21 heavy (non-hydrogen) atoms. The second-order valence-corrected chi connectivity index (χ2v) is 4.00. The van der Waals surface area contributed by atoms with Gasteiger partial charge >= 0.3 is 11.8 Å². The first-order valence-corrected chi connectivity index (χ1v) is 5.59. The average Bonchev–Trinajstić information content (AvgIpc) is 2.90. The molecule has 4 N–H and O–H groups in total. The molecule has 0 saturated heterocycles. The van der Waals surface area contributed by atoms with Crippen LogP contribution in [0, 0.1) is 10.1 Å². The highest BCUT2D eigenvalue weighted by Gasteiger charge is 2.18. The van der Waals surface area contributed by atoms with Gasteiger partial charge in [0.25, 0.3) is 5.91 Å². The molecule has 9 nitrogen and oxygen atoms in total. The molecule has 1 heterocycles. The summed E-state index contributed by atoms with van der Waals surface area (Å²) in [6.07, 6.45) is 0. The number of hydrogen-bond acceptors (Lipinski definition) is 5. The third-order valence-electron chi connectivity index (χ3n) is 2.59. The predicted octanol–water partition coefficient (Wildman–Crippen LogP) is 1.58. The molecule has 1 amide bonds. The van der Waals surface area contributed by atoms with Gasteiger partial charge in [0.15, 0.2) is 5.69 Å². The molecule has 2 aromatic rings. The van der Waals surface area contributed by atoms with Crippen LogP contribution in [0.15, 0.2) is 30.3 Å². The molecular weight excluding hydrogens is 282 g/mol. The first kappa shape index (κ1) is 14.1. The summed E-state index contributed by atoms with van der Waals surface area (Å²) in [7, 11) is 0. The van der Waals surface area contributed by atoms with Gasteiger partial charge < -0.3 is 25.6 Å². The van der Waals surface area contributed by atoms with Crippen LogP contribution in [0.2, 0.25) is 0 Å². The van der Waals surface area contributed by atoms with Crippen molar-refractivity contribution in [3.63, 3.8) is 0 Å². The summed E-state index contributed by atoms with van der Waals surface area (Å²) in [6, 6.07) is 5.72. The van der Waals surface area contributed by atoms with E-state index in [1.54, 1.807) is 0 Å². The van der Waals surface area contributed by atoms with E-state index >= 15 is 0 Å². The van der Waals surface area contributed by atoms with Gasteiger partial charge in [0.05, 0.1) is 11.3 Å². The Morgan fingerprint density at radius 1 is 1.24 bits per heavy atom. The number of H-pyrrole nitrogens is 1. The van der Waals surface area contributed by atoms with E-state index in [0.29, 0.717) is 0 Å². The van der Waals surface area contributed by atoms with Crippen molar-refractivity contribution in [2.45, 2.75) is 0 Å². The zero-order valence-corrected chi connectivity index (χ0v) is 10.4. The highest BCUT2D eigenvalue weighted by Crippen LogP contribution is 2.22. The van der Waals surface area contributed by atoms with Gasteiger partial charge in [-0.15, -0.1) is 0 Å². The first-order valence-electron chi connectivity index (χ1n) is 5.59. The fourth-order valence-corrected chi connectivity index (χ4v) is 1.63. The first-order chi connectivity index (χ1) is 9.88. The maximum absolute atomic E-state index is 11.9. The van der Waals surface area contributed by atoms with Crippen LogP contribution in [0.3, 0.4) is 0 Å². The Kier molecular flexibility index (Phi) is 3.57. The van der Waals surface area contributed by atoms with E-state index in [4.69, 9.17) is 5.11 Å². The normalized spacial score (nSPS) is 10.1. The van der Waals surface area contributed by atoms with Crippen molar-refractivity contribution in [2.24, 2.45) is 0 Å². The Labute approximate surface area is 117 Å². The van der Waals surface area contributed by atoms with Crippen LogP contribution in [0.25, 0.3) is 0 Å². The number of phenolic OH excluding ortho intramolecular Hbond substituents is 1. The lowest BCUT2D eigenvalue weighted by atomic mass is 10.1. The fourth-order valence-electron chi connectivity index (χ4n) is 1.63. The number of carbonyl (C=O) groups is 2. The van der Waals surface area contributed by atoms with Crippen LogP contribution in [-0.4, -0.2) is 32.0 Å². The van der Waals surface area contributed by atoms with E-state index in [9.17, 15) is 24.8 Å². The van der Waals surface area contributed by atoms with Crippen LogP contribution >= 0.6 is 0 Å². The maximum Gasteiger partial charge on any atom is 0.337 e. The summed E-state index contributed by atoms with van der Waals surface area (Å²) in [5, 5.41) is 31.1. The number of rotatable bonds is 4. The molecule has 0 aliphatic carbocycles. The molecule has 0 saturated carbocycles. The number of aromatic hydroxyl groups is 1. The number of anilines is 1. The summed E-state index contributed by atoms with van der Waals surface area (Å²) >= 11 is 0. The van der Waals surface area contributed by atoms with E-state index in [-0.39, 0.29) is 28.5 Å². The number of phenols is 1. The summed E-state index contributed by atoms with van der Waals surface area (Å²) in [4.78, 5) is 35.0. The average molecular weight is 291 g/mol. The highest BCUT2D eigenvalue weighted by atomic mass is 16.6. The van der Waals surface area contributed by atoms with E-state index in [1.807, 2.05) is 0 Å². The monoisotopic (exact) mass is 291 g/mol. The number of carboxylic acid groups (broad SMARTS) is 1. The number of nitrogens with one attached hydrogen (secondary N) is 2. The zero-order chi connectivity index (χ0) is 15.6. The smallest absolute Gasteiger partial charge is 0.337 e. The quantitative estimate of drug-likeness (QED) is 0.382. The molecule has 9 heteroatoms. The Bertz CT molecular complexity index is 736. The van der Waals surface area contributed by atoms with Gasteiger partial charge in [-0.2, -0.15) is 0 Å². The molecule has 0 radical (unpaired) electrons. The zero-order valence-electron chi connectivity index (χ0n) is 10.4. The van der Waals surface area contributed by atoms with Crippen LogP contribution in [-0.2, 0) is 0 Å². The van der Waals surface area contributed by atoms with Gasteiger partial charge in [-0.05, 0) is 29.2 Å². The highest BCUT2D eigenvalue weighted by molar-refractivity contribution is 6.07. The second kappa shape index (κ2) is 5.33. The molecule has 1 aromatic heterocycles. The number of amides is 1. The summed E-state index contributed by atoms with van der Waals surface area (Å²) in [5.41, 5.74) is -0.432. The Morgan fingerprint density at radius 2 is 1.95 bits per heavy atom. The molecule has 0 fully saturated rings. The molecular formula is C12H9N3O6. The van der Waals surface area contributed by atoms with E-state index in [0.717, 1.165) is 12.1 Å². The summed E-state index contributed by atoms with van der Waals surface area (Å²) in [5.74, 6) is -2.69. The molecule has 2 rings (SSSR count). The number of aromatic amines is 1. The van der Waals surface area contributed by atoms with Gasteiger partial charge in [-0.25, -0.2) is 9.78 Å². The molecule has 0 unspecified atom stereocenters. The molecule has 0 spiro atoms. The minimum absolute atomic E-state index is 0.0393. The number of aromatic carboxylic acids is 1. The van der Waals surface area contributed by atoms with E-state index in [1.165, 1.54) is 18.2 Å². The van der Waals surface area contributed by atoms with Crippen molar-refractivity contribution in [1.82, 2.24) is 4.98 Å². The van der Waals surface area contributed by atoms with Crippen LogP contribution in [0.1, 0.15) is 20.8 Å². The topological polar surface area (TPSA) is 146 Å². The molecule has 0 atom stereocenters. The standard InChI is InChI=1S/C12H9N3O6/c16-6-1-2-8(7(5-6)12(18)19)14-11(17)9-3-4-10(13-9)15(20)21/h1-5,13,16H,(H,14,17)(H,18,19). The number of carbonyl (C=O) groups excluding carboxylic acids is 1. The van der Waals surface area contributed by atoms with Crippen molar-refractivity contribution in [3.05, 3.63) is 51.7 Å². The Morgan fingerprint density at radius 3 is 2.52 bits per heavy atom. The third kappa shape index (κ3) is 2.97. The van der Waals surface area contributed by atoms with Gasteiger partial charge in [0, 0.05) is 6.07 Å². The molecule has 0 aliphatic heterocycles. The van der Waals surface area contributed by atoms with E-state index in [2.05, 4.69) is 10.3 Å². The Balaban J connectivity index is 2.27. The Hall–Kier alpha value is -3.36.